The number of likely N-dealkylation sites (tertiary alicyclic amines) is 1. The van der Waals surface area contributed by atoms with Gasteiger partial charge in [-0.25, -0.2) is 4.39 Å². The summed E-state index contributed by atoms with van der Waals surface area (Å²) in [5.41, 5.74) is 4.34. The Bertz CT molecular complexity index is 170. The average Bonchev–Trinajstić information content (AvgIpc) is 2.87. The molecule has 1 unspecified atom stereocenters. The van der Waals surface area contributed by atoms with Crippen LogP contribution in [0.3, 0.4) is 0 Å². The minimum atomic E-state index is -1.08. The first-order chi connectivity index (χ1) is 5.73. The number of hydrogen-bond donors (Lipinski definition) is 1. The molecule has 0 spiro atoms. The third-order valence-electron chi connectivity index (χ3n) is 2.99. The second-order valence-corrected chi connectivity index (χ2v) is 4.16. The molecule has 12 heavy (non-hydrogen) atoms. The van der Waals surface area contributed by atoms with E-state index in [0.717, 1.165) is 13.0 Å². The molecule has 0 aromatic carbocycles. The van der Waals surface area contributed by atoms with Crippen LogP contribution in [0.2, 0.25) is 0 Å². The highest BCUT2D eigenvalue weighted by molar-refractivity contribution is 4.94. The summed E-state index contributed by atoms with van der Waals surface area (Å²) < 4.78 is 13.8. The summed E-state index contributed by atoms with van der Waals surface area (Å²) in [7, 11) is 0. The molecule has 1 aliphatic heterocycles. The highest BCUT2D eigenvalue weighted by Gasteiger charge is 2.39. The van der Waals surface area contributed by atoms with Crippen molar-refractivity contribution in [3.63, 3.8) is 0 Å². The van der Waals surface area contributed by atoms with Crippen LogP contribution in [0.25, 0.3) is 0 Å². The van der Waals surface area contributed by atoms with Gasteiger partial charge in [-0.1, -0.05) is 0 Å². The van der Waals surface area contributed by atoms with Gasteiger partial charge in [0.25, 0.3) is 0 Å². The van der Waals surface area contributed by atoms with E-state index >= 15 is 0 Å². The molecule has 0 aromatic heterocycles. The Morgan fingerprint density at radius 2 is 2.25 bits per heavy atom. The summed E-state index contributed by atoms with van der Waals surface area (Å²) in [6.45, 7) is 1.85. The van der Waals surface area contributed by atoms with Gasteiger partial charge in [-0.3, -0.25) is 4.90 Å². The smallest absolute Gasteiger partial charge is 0.135 e. The Labute approximate surface area is 72.9 Å². The maximum absolute atomic E-state index is 13.8. The predicted octanol–water partition coefficient (Wildman–Crippen LogP) is 0.912. The van der Waals surface area contributed by atoms with E-state index in [2.05, 4.69) is 4.90 Å². The fourth-order valence-electron chi connectivity index (χ4n) is 2.04. The van der Waals surface area contributed by atoms with Crippen molar-refractivity contribution in [3.05, 3.63) is 0 Å². The van der Waals surface area contributed by atoms with Crippen molar-refractivity contribution in [2.45, 2.75) is 37.4 Å². The van der Waals surface area contributed by atoms with Gasteiger partial charge in [0.15, 0.2) is 0 Å². The van der Waals surface area contributed by atoms with Crippen molar-refractivity contribution in [3.8, 4) is 0 Å². The normalized spacial score (nSPS) is 38.5. The Morgan fingerprint density at radius 1 is 1.50 bits per heavy atom. The van der Waals surface area contributed by atoms with Gasteiger partial charge in [-0.15, -0.1) is 0 Å². The Kier molecular flexibility index (Phi) is 2.09. The topological polar surface area (TPSA) is 29.3 Å². The Balaban J connectivity index is 1.93. The number of rotatable bonds is 2. The fourth-order valence-corrected chi connectivity index (χ4v) is 2.04. The van der Waals surface area contributed by atoms with E-state index in [4.69, 9.17) is 5.73 Å². The lowest BCUT2D eigenvalue weighted by Crippen LogP contribution is -2.50. The molecule has 0 amide bonds. The molecule has 2 nitrogen and oxygen atoms in total. The van der Waals surface area contributed by atoms with Crippen LogP contribution < -0.4 is 5.73 Å². The Morgan fingerprint density at radius 3 is 2.83 bits per heavy atom. The van der Waals surface area contributed by atoms with Gasteiger partial charge in [-0.2, -0.15) is 0 Å². The monoisotopic (exact) mass is 172 g/mol. The van der Waals surface area contributed by atoms with Gasteiger partial charge in [0.1, 0.15) is 5.67 Å². The fraction of sp³-hybridized carbons (Fsp3) is 1.00. The van der Waals surface area contributed by atoms with Crippen LogP contribution in [0.1, 0.15) is 25.7 Å². The highest BCUT2D eigenvalue weighted by atomic mass is 19.1. The maximum atomic E-state index is 13.8. The second-order valence-electron chi connectivity index (χ2n) is 4.16. The van der Waals surface area contributed by atoms with Crippen LogP contribution in [0.15, 0.2) is 0 Å². The molecule has 2 N–H and O–H groups in total. The third kappa shape index (κ3) is 1.62. The lowest BCUT2D eigenvalue weighted by atomic mass is 9.95. The van der Waals surface area contributed by atoms with Gasteiger partial charge in [0.2, 0.25) is 0 Å². The summed E-state index contributed by atoms with van der Waals surface area (Å²) in [6.07, 6.45) is 4.16. The van der Waals surface area contributed by atoms with Crippen molar-refractivity contribution in [2.75, 3.05) is 19.6 Å². The van der Waals surface area contributed by atoms with E-state index in [0.29, 0.717) is 19.0 Å². The van der Waals surface area contributed by atoms with E-state index in [9.17, 15) is 4.39 Å². The zero-order chi connectivity index (χ0) is 8.60. The molecular weight excluding hydrogens is 155 g/mol. The van der Waals surface area contributed by atoms with E-state index in [1.807, 2.05) is 0 Å². The first-order valence-electron chi connectivity index (χ1n) is 4.87. The largest absolute Gasteiger partial charge is 0.327 e. The molecule has 0 bridgehead atoms. The van der Waals surface area contributed by atoms with Gasteiger partial charge < -0.3 is 5.73 Å². The molecule has 0 radical (unpaired) electrons. The van der Waals surface area contributed by atoms with Crippen molar-refractivity contribution >= 4 is 0 Å². The molecule has 1 heterocycles. The molecule has 1 saturated heterocycles. The summed E-state index contributed by atoms with van der Waals surface area (Å²) in [4.78, 5) is 2.27. The molecule has 1 aliphatic carbocycles. The SMILES string of the molecule is NCC1(F)CCCN(C2CC2)C1. The second kappa shape index (κ2) is 2.96. The molecule has 70 valence electrons. The zero-order valence-electron chi connectivity index (χ0n) is 7.43. The van der Waals surface area contributed by atoms with E-state index in [1.54, 1.807) is 0 Å². The van der Waals surface area contributed by atoms with Gasteiger partial charge in [-0.05, 0) is 32.2 Å². The van der Waals surface area contributed by atoms with Crippen molar-refractivity contribution in [1.29, 1.82) is 0 Å². The summed E-state index contributed by atoms with van der Waals surface area (Å²) >= 11 is 0. The van der Waals surface area contributed by atoms with Crippen LogP contribution in [0, 0.1) is 0 Å². The third-order valence-corrected chi connectivity index (χ3v) is 2.99. The van der Waals surface area contributed by atoms with Crippen LogP contribution in [0.5, 0.6) is 0 Å². The number of nitrogens with zero attached hydrogens (tertiary/aromatic N) is 1. The van der Waals surface area contributed by atoms with Crippen LogP contribution in [-0.4, -0.2) is 36.2 Å². The minimum absolute atomic E-state index is 0.191. The maximum Gasteiger partial charge on any atom is 0.135 e. The summed E-state index contributed by atoms with van der Waals surface area (Å²) in [6, 6.07) is 0.687. The molecular formula is C9H17FN2. The highest BCUT2D eigenvalue weighted by Crippen LogP contribution is 2.33. The zero-order valence-corrected chi connectivity index (χ0v) is 7.43. The minimum Gasteiger partial charge on any atom is -0.327 e. The molecule has 1 atom stereocenters. The number of halogens is 1. The van der Waals surface area contributed by atoms with Crippen molar-refractivity contribution < 1.29 is 4.39 Å². The molecule has 2 aliphatic rings. The first-order valence-corrected chi connectivity index (χ1v) is 4.87. The molecule has 0 aromatic rings. The number of nitrogens with two attached hydrogens (primary N) is 1. The lowest BCUT2D eigenvalue weighted by Gasteiger charge is -2.36. The quantitative estimate of drug-likeness (QED) is 0.671. The van der Waals surface area contributed by atoms with E-state index in [-0.39, 0.29) is 6.54 Å². The van der Waals surface area contributed by atoms with Gasteiger partial charge >= 0.3 is 0 Å². The van der Waals surface area contributed by atoms with Crippen molar-refractivity contribution in [2.24, 2.45) is 5.73 Å². The molecule has 1 saturated carbocycles. The van der Waals surface area contributed by atoms with Crippen molar-refractivity contribution in [1.82, 2.24) is 4.90 Å². The van der Waals surface area contributed by atoms with Crippen LogP contribution in [0.4, 0.5) is 4.39 Å². The predicted molar refractivity (Wildman–Crippen MR) is 46.7 cm³/mol. The number of alkyl halides is 1. The van der Waals surface area contributed by atoms with Gasteiger partial charge in [0.05, 0.1) is 0 Å². The number of hydrogen-bond acceptors (Lipinski definition) is 2. The Hall–Kier alpha value is -0.150. The molecule has 3 heteroatoms. The van der Waals surface area contributed by atoms with Gasteiger partial charge in [0, 0.05) is 19.1 Å². The average molecular weight is 172 g/mol. The number of piperidine rings is 1. The first kappa shape index (κ1) is 8.45. The summed E-state index contributed by atoms with van der Waals surface area (Å²) in [5, 5.41) is 0. The van der Waals surface area contributed by atoms with Crippen LogP contribution >= 0.6 is 0 Å². The lowest BCUT2D eigenvalue weighted by molar-refractivity contribution is 0.0479. The van der Waals surface area contributed by atoms with E-state index in [1.165, 1.54) is 12.8 Å². The van der Waals surface area contributed by atoms with E-state index < -0.39 is 5.67 Å². The molecule has 2 fully saturated rings. The summed E-state index contributed by atoms with van der Waals surface area (Å²) in [5.74, 6) is 0. The standard InChI is InChI=1S/C9H17FN2/c10-9(6-11)4-1-5-12(7-9)8-2-3-8/h8H,1-7,11H2. The van der Waals surface area contributed by atoms with Crippen LogP contribution in [-0.2, 0) is 0 Å². The molecule has 2 rings (SSSR count).